The van der Waals surface area contributed by atoms with E-state index in [9.17, 15) is 4.39 Å². The summed E-state index contributed by atoms with van der Waals surface area (Å²) in [5, 5.41) is 3.72. The average molecular weight is 466 g/mol. The molecule has 0 aliphatic rings. The van der Waals surface area contributed by atoms with Gasteiger partial charge in [-0.15, -0.1) is 0 Å². The van der Waals surface area contributed by atoms with Gasteiger partial charge in [0.25, 0.3) is 0 Å². The van der Waals surface area contributed by atoms with Crippen molar-refractivity contribution in [2.24, 2.45) is 0 Å². The highest BCUT2D eigenvalue weighted by molar-refractivity contribution is 9.10. The van der Waals surface area contributed by atoms with Crippen LogP contribution in [-0.2, 0) is 19.7 Å². The first-order valence-electron chi connectivity index (χ1n) is 8.59. The Morgan fingerprint density at radius 3 is 2.54 bits per heavy atom. The van der Waals surface area contributed by atoms with Crippen molar-refractivity contribution in [1.29, 1.82) is 0 Å². The van der Waals surface area contributed by atoms with Gasteiger partial charge in [0.05, 0.1) is 12.1 Å². The van der Waals surface area contributed by atoms with Gasteiger partial charge in [0, 0.05) is 35.5 Å². The summed E-state index contributed by atoms with van der Waals surface area (Å²) in [4.78, 5) is 4.01. The van der Waals surface area contributed by atoms with Gasteiger partial charge >= 0.3 is 0 Å². The third kappa shape index (κ3) is 5.44. The quantitative estimate of drug-likeness (QED) is 0.476. The Kier molecular flexibility index (Phi) is 7.25. The van der Waals surface area contributed by atoms with Crippen molar-refractivity contribution in [3.63, 3.8) is 0 Å². The number of benzene rings is 2. The van der Waals surface area contributed by atoms with E-state index >= 15 is 0 Å². The first-order chi connectivity index (χ1) is 13.6. The minimum Gasteiger partial charge on any atom is -0.493 e. The first kappa shape index (κ1) is 20.6. The van der Waals surface area contributed by atoms with Crippen LogP contribution in [0, 0.1) is 5.82 Å². The van der Waals surface area contributed by atoms with E-state index < -0.39 is 0 Å². The maximum Gasteiger partial charge on any atom is 0.162 e. The normalized spacial score (nSPS) is 10.7. The van der Waals surface area contributed by atoms with Crippen LogP contribution in [0.5, 0.6) is 11.5 Å². The van der Waals surface area contributed by atoms with Crippen molar-refractivity contribution in [3.8, 4) is 11.5 Å². The summed E-state index contributed by atoms with van der Waals surface area (Å²) in [7, 11) is 1.59. The van der Waals surface area contributed by atoms with Crippen LogP contribution >= 0.6 is 27.5 Å². The second-order valence-electron chi connectivity index (χ2n) is 6.08. The predicted molar refractivity (Wildman–Crippen MR) is 111 cm³/mol. The van der Waals surface area contributed by atoms with E-state index in [2.05, 4.69) is 26.2 Å². The number of hydrogen-bond acceptors (Lipinski definition) is 4. The second-order valence-corrected chi connectivity index (χ2v) is 7.34. The molecule has 0 unspecified atom stereocenters. The summed E-state index contributed by atoms with van der Waals surface area (Å²) in [6.45, 7) is 1.60. The Balaban J connectivity index is 1.66. The molecule has 4 nitrogen and oxygen atoms in total. The van der Waals surface area contributed by atoms with Crippen LogP contribution in [0.4, 0.5) is 4.39 Å². The van der Waals surface area contributed by atoms with E-state index in [0.717, 1.165) is 22.1 Å². The van der Waals surface area contributed by atoms with Crippen LogP contribution < -0.4 is 14.8 Å². The van der Waals surface area contributed by atoms with Crippen molar-refractivity contribution < 1.29 is 13.9 Å². The molecule has 0 spiro atoms. The summed E-state index contributed by atoms with van der Waals surface area (Å²) in [5.74, 6) is 0.812. The van der Waals surface area contributed by atoms with Crippen molar-refractivity contribution in [2.45, 2.75) is 19.7 Å². The van der Waals surface area contributed by atoms with E-state index in [4.69, 9.17) is 21.1 Å². The van der Waals surface area contributed by atoms with Crippen molar-refractivity contribution >= 4 is 27.5 Å². The molecule has 1 N–H and O–H groups in total. The molecule has 1 aromatic heterocycles. The van der Waals surface area contributed by atoms with E-state index in [0.29, 0.717) is 28.6 Å². The Hall–Kier alpha value is -2.15. The van der Waals surface area contributed by atoms with E-state index in [1.165, 1.54) is 12.1 Å². The largest absolute Gasteiger partial charge is 0.493 e. The van der Waals surface area contributed by atoms with Crippen molar-refractivity contribution in [2.75, 3.05) is 7.11 Å². The van der Waals surface area contributed by atoms with Crippen LogP contribution in [0.1, 0.15) is 16.7 Å². The molecule has 0 saturated heterocycles. The number of nitrogens with zero attached hydrogens (tertiary/aromatic N) is 1. The summed E-state index contributed by atoms with van der Waals surface area (Å²) in [6, 6.07) is 12.0. The Bertz CT molecular complexity index is 941. The van der Waals surface area contributed by atoms with Crippen molar-refractivity contribution in [3.05, 3.63) is 86.9 Å². The molecule has 0 amide bonds. The topological polar surface area (TPSA) is 43.4 Å². The van der Waals surface area contributed by atoms with Crippen LogP contribution in [0.2, 0.25) is 5.02 Å². The molecule has 0 aliphatic carbocycles. The van der Waals surface area contributed by atoms with Gasteiger partial charge in [0.2, 0.25) is 0 Å². The molecule has 2 aromatic carbocycles. The van der Waals surface area contributed by atoms with E-state index in [1.54, 1.807) is 25.6 Å². The van der Waals surface area contributed by atoms with Gasteiger partial charge in [-0.25, -0.2) is 4.39 Å². The monoisotopic (exact) mass is 464 g/mol. The molecule has 28 heavy (non-hydrogen) atoms. The van der Waals surface area contributed by atoms with E-state index in [1.807, 2.05) is 24.3 Å². The molecule has 3 rings (SSSR count). The fraction of sp³-hybridized carbons (Fsp3) is 0.190. The summed E-state index contributed by atoms with van der Waals surface area (Å²) < 4.78 is 25.4. The Morgan fingerprint density at radius 2 is 1.82 bits per heavy atom. The standard InChI is InChI=1S/C21H19BrClFN2O2/c1-27-20-8-16(12-26-11-14-4-6-25-7-5-14)18(22)10-21(20)28-13-15-2-3-17(24)9-19(15)23/h2-10,26H,11-13H2,1H3. The molecule has 146 valence electrons. The van der Waals surface area contributed by atoms with Gasteiger partial charge in [0.1, 0.15) is 12.4 Å². The number of hydrogen-bond donors (Lipinski definition) is 1. The van der Waals surface area contributed by atoms with Crippen LogP contribution in [0.15, 0.2) is 59.3 Å². The maximum absolute atomic E-state index is 13.2. The SMILES string of the molecule is COc1cc(CNCc2ccncc2)c(Br)cc1OCc1ccc(F)cc1Cl. The zero-order chi connectivity index (χ0) is 19.9. The van der Waals surface area contributed by atoms with Gasteiger partial charge in [-0.3, -0.25) is 4.98 Å². The average Bonchev–Trinajstić information content (AvgIpc) is 2.69. The maximum atomic E-state index is 13.2. The molecule has 0 saturated carbocycles. The highest BCUT2D eigenvalue weighted by Crippen LogP contribution is 2.34. The van der Waals surface area contributed by atoms with Gasteiger partial charge in [0.15, 0.2) is 11.5 Å². The Labute approximate surface area is 176 Å². The number of pyridine rings is 1. The fourth-order valence-electron chi connectivity index (χ4n) is 2.62. The lowest BCUT2D eigenvalue weighted by molar-refractivity contribution is 0.284. The second kappa shape index (κ2) is 9.87. The Morgan fingerprint density at radius 1 is 1.04 bits per heavy atom. The van der Waals surface area contributed by atoms with Crippen LogP contribution in [-0.4, -0.2) is 12.1 Å². The predicted octanol–water partition coefficient (Wildman–Crippen LogP) is 5.51. The van der Waals surface area contributed by atoms with Gasteiger partial charge in [-0.2, -0.15) is 0 Å². The highest BCUT2D eigenvalue weighted by Gasteiger charge is 2.12. The minimum absolute atomic E-state index is 0.210. The summed E-state index contributed by atoms with van der Waals surface area (Å²) in [6.07, 6.45) is 3.55. The number of methoxy groups -OCH3 is 1. The third-order valence-electron chi connectivity index (χ3n) is 4.12. The number of rotatable bonds is 8. The van der Waals surface area contributed by atoms with Gasteiger partial charge in [-0.05, 0) is 47.5 Å². The molecule has 0 aliphatic heterocycles. The molecule has 3 aromatic rings. The molecular formula is C21H19BrClFN2O2. The molecule has 0 fully saturated rings. The fourth-order valence-corrected chi connectivity index (χ4v) is 3.31. The first-order valence-corrected chi connectivity index (χ1v) is 9.76. The molecule has 0 radical (unpaired) electrons. The molecular weight excluding hydrogens is 447 g/mol. The summed E-state index contributed by atoms with van der Waals surface area (Å²) >= 11 is 9.65. The zero-order valence-corrected chi connectivity index (χ0v) is 17.6. The lowest BCUT2D eigenvalue weighted by Gasteiger charge is -2.15. The third-order valence-corrected chi connectivity index (χ3v) is 5.21. The zero-order valence-electron chi connectivity index (χ0n) is 15.2. The molecule has 0 atom stereocenters. The smallest absolute Gasteiger partial charge is 0.162 e. The van der Waals surface area contributed by atoms with Gasteiger partial charge < -0.3 is 14.8 Å². The molecule has 0 bridgehead atoms. The van der Waals surface area contributed by atoms with Crippen LogP contribution in [0.3, 0.4) is 0 Å². The lowest BCUT2D eigenvalue weighted by atomic mass is 10.2. The molecule has 1 heterocycles. The lowest BCUT2D eigenvalue weighted by Crippen LogP contribution is -2.13. The number of halogens is 3. The number of nitrogens with one attached hydrogen (secondary N) is 1. The highest BCUT2D eigenvalue weighted by atomic mass is 79.9. The summed E-state index contributed by atoms with van der Waals surface area (Å²) in [5.41, 5.74) is 2.90. The van der Waals surface area contributed by atoms with Crippen molar-refractivity contribution in [1.82, 2.24) is 10.3 Å². The van der Waals surface area contributed by atoms with Gasteiger partial charge in [-0.1, -0.05) is 33.6 Å². The van der Waals surface area contributed by atoms with Crippen LogP contribution in [0.25, 0.3) is 0 Å². The molecule has 7 heteroatoms. The van der Waals surface area contributed by atoms with E-state index in [-0.39, 0.29) is 12.4 Å². The number of ether oxygens (including phenoxy) is 2. The minimum atomic E-state index is -0.377. The number of aromatic nitrogens is 1.